The van der Waals surface area contributed by atoms with Crippen molar-refractivity contribution in [3.05, 3.63) is 255 Å². The Hall–Kier alpha value is -8.88. The topological polar surface area (TPSA) is 64.5 Å². The summed E-state index contributed by atoms with van der Waals surface area (Å²) in [7, 11) is 0. The number of anilines is 12. The molecule has 0 aliphatic heterocycles. The number of benzene rings is 8. The van der Waals surface area contributed by atoms with E-state index in [1.165, 1.54) is 0 Å². The van der Waals surface area contributed by atoms with Gasteiger partial charge in [0.25, 0.3) is 0 Å². The lowest BCUT2D eigenvalue weighted by molar-refractivity contribution is 1.02. The normalized spacial score (nSPS) is 10.8. The van der Waals surface area contributed by atoms with E-state index in [1.807, 2.05) is 158 Å². The van der Waals surface area contributed by atoms with Crippen molar-refractivity contribution in [1.82, 2.24) is 19.9 Å². The summed E-state index contributed by atoms with van der Waals surface area (Å²) >= 11 is 0. The molecule has 8 heteroatoms. The molecule has 0 saturated heterocycles. The second-order valence-electron chi connectivity index (χ2n) is 14.8. The van der Waals surface area contributed by atoms with E-state index >= 15 is 0 Å². The number of hydrogen-bond donors (Lipinski definition) is 0. The monoisotopic (exact) mass is 826 g/mol. The molecule has 0 aliphatic carbocycles. The molecule has 306 valence electrons. The molecule has 2 heterocycles. The van der Waals surface area contributed by atoms with Crippen molar-refractivity contribution in [2.24, 2.45) is 0 Å². The SMILES string of the molecule is c1ccc(N(c2ccccc2)c2cc(N(c3ccccc3)c3ccccc3)nc(-c3nc(N(c4ccccc4)c4ccccc4)cc(N(c4ccccc4)c4ccccc4)n3)n2)cc1. The molecule has 0 aliphatic rings. The van der Waals surface area contributed by atoms with E-state index in [9.17, 15) is 0 Å². The van der Waals surface area contributed by atoms with Gasteiger partial charge in [-0.05, 0) is 97.1 Å². The maximum atomic E-state index is 5.44. The van der Waals surface area contributed by atoms with Gasteiger partial charge in [-0.3, -0.25) is 19.6 Å². The van der Waals surface area contributed by atoms with E-state index in [2.05, 4.69) is 117 Å². The molecule has 0 radical (unpaired) electrons. The van der Waals surface area contributed by atoms with Crippen molar-refractivity contribution in [1.29, 1.82) is 0 Å². The van der Waals surface area contributed by atoms with Crippen molar-refractivity contribution in [3.63, 3.8) is 0 Å². The van der Waals surface area contributed by atoms with E-state index in [-0.39, 0.29) is 0 Å². The van der Waals surface area contributed by atoms with Crippen molar-refractivity contribution >= 4 is 68.8 Å². The average Bonchev–Trinajstić information content (AvgIpc) is 3.37. The van der Waals surface area contributed by atoms with Gasteiger partial charge in [0.15, 0.2) is 0 Å². The summed E-state index contributed by atoms with van der Waals surface area (Å²) in [4.78, 5) is 30.4. The first-order valence-corrected chi connectivity index (χ1v) is 21.2. The summed E-state index contributed by atoms with van der Waals surface area (Å²) in [5.41, 5.74) is 7.48. The maximum Gasteiger partial charge on any atom is 0.201 e. The minimum absolute atomic E-state index is 0.339. The molecule has 0 saturated carbocycles. The largest absolute Gasteiger partial charge is 0.295 e. The molecular formula is C56H42N8. The van der Waals surface area contributed by atoms with Crippen LogP contribution in [0.4, 0.5) is 68.8 Å². The highest BCUT2D eigenvalue weighted by molar-refractivity contribution is 5.84. The third kappa shape index (κ3) is 8.39. The third-order valence-corrected chi connectivity index (χ3v) is 10.6. The van der Waals surface area contributed by atoms with E-state index in [0.717, 1.165) is 45.5 Å². The average molecular weight is 827 g/mol. The van der Waals surface area contributed by atoms with E-state index in [4.69, 9.17) is 19.9 Å². The molecular weight excluding hydrogens is 785 g/mol. The van der Waals surface area contributed by atoms with Crippen molar-refractivity contribution in [2.75, 3.05) is 19.6 Å². The fourth-order valence-corrected chi connectivity index (χ4v) is 7.77. The van der Waals surface area contributed by atoms with Crippen LogP contribution in [0.5, 0.6) is 0 Å². The summed E-state index contributed by atoms with van der Waals surface area (Å²) in [6.45, 7) is 0. The van der Waals surface area contributed by atoms with Crippen molar-refractivity contribution in [2.45, 2.75) is 0 Å². The predicted molar refractivity (Wildman–Crippen MR) is 262 cm³/mol. The summed E-state index contributed by atoms with van der Waals surface area (Å²) < 4.78 is 0. The minimum atomic E-state index is 0.339. The first-order chi connectivity index (χ1) is 31.8. The van der Waals surface area contributed by atoms with Gasteiger partial charge in [-0.1, -0.05) is 146 Å². The zero-order valence-corrected chi connectivity index (χ0v) is 34.8. The van der Waals surface area contributed by atoms with Crippen LogP contribution >= 0.6 is 0 Å². The van der Waals surface area contributed by atoms with Crippen LogP contribution in [0.15, 0.2) is 255 Å². The second kappa shape index (κ2) is 18.4. The fourth-order valence-electron chi connectivity index (χ4n) is 7.77. The first kappa shape index (κ1) is 39.3. The molecule has 0 amide bonds. The molecule has 10 aromatic rings. The van der Waals surface area contributed by atoms with Crippen molar-refractivity contribution in [3.8, 4) is 11.6 Å². The molecule has 0 bridgehead atoms. The van der Waals surface area contributed by atoms with Crippen LogP contribution in [0.25, 0.3) is 11.6 Å². The quantitative estimate of drug-likeness (QED) is 0.114. The molecule has 10 rings (SSSR count). The third-order valence-electron chi connectivity index (χ3n) is 10.6. The Morgan fingerprint density at radius 1 is 0.188 bits per heavy atom. The minimum Gasteiger partial charge on any atom is -0.295 e. The van der Waals surface area contributed by atoms with E-state index in [1.54, 1.807) is 0 Å². The maximum absolute atomic E-state index is 5.44. The summed E-state index contributed by atoms with van der Waals surface area (Å²) in [5, 5.41) is 0. The Morgan fingerprint density at radius 3 is 0.469 bits per heavy atom. The Balaban J connectivity index is 1.28. The van der Waals surface area contributed by atoms with Gasteiger partial charge in [0.2, 0.25) is 11.6 Å². The highest BCUT2D eigenvalue weighted by atomic mass is 15.3. The Kier molecular flexibility index (Phi) is 11.3. The zero-order chi connectivity index (χ0) is 42.9. The zero-order valence-electron chi connectivity index (χ0n) is 34.8. The lowest BCUT2D eigenvalue weighted by atomic mass is 10.2. The highest BCUT2D eigenvalue weighted by Crippen LogP contribution is 2.42. The van der Waals surface area contributed by atoms with Gasteiger partial charge in [0.05, 0.1) is 0 Å². The molecule has 8 nitrogen and oxygen atoms in total. The van der Waals surface area contributed by atoms with Crippen LogP contribution in [-0.2, 0) is 0 Å². The first-order valence-electron chi connectivity index (χ1n) is 21.2. The molecule has 0 spiro atoms. The van der Waals surface area contributed by atoms with Crippen LogP contribution in [0.1, 0.15) is 0 Å². The molecule has 0 unspecified atom stereocenters. The second-order valence-corrected chi connectivity index (χ2v) is 14.8. The standard InChI is InChI=1S/C56H42N8/c1-9-25-43(26-10-1)61(44-27-11-2-12-28-44)51-41-52(62(45-29-13-3-14-30-45)46-31-15-4-16-32-46)58-55(57-51)56-59-53(63(47-33-17-5-18-34-47)48-35-19-6-20-36-48)42-54(60-56)64(49-37-21-7-22-38-49)50-39-23-8-24-40-50/h1-42H. The van der Waals surface area contributed by atoms with Gasteiger partial charge in [0, 0.05) is 57.6 Å². The lowest BCUT2D eigenvalue weighted by Crippen LogP contribution is -2.19. The van der Waals surface area contributed by atoms with Gasteiger partial charge in [-0.2, -0.15) is 0 Å². The molecule has 0 fully saturated rings. The molecule has 2 aromatic heterocycles. The van der Waals surface area contributed by atoms with Gasteiger partial charge < -0.3 is 0 Å². The van der Waals surface area contributed by atoms with Crippen LogP contribution in [0, 0.1) is 0 Å². The number of para-hydroxylation sites is 8. The number of aromatic nitrogens is 4. The lowest BCUT2D eigenvalue weighted by Gasteiger charge is -2.29. The Bertz CT molecular complexity index is 2470. The molecule has 8 aromatic carbocycles. The van der Waals surface area contributed by atoms with Crippen LogP contribution < -0.4 is 19.6 Å². The van der Waals surface area contributed by atoms with Crippen molar-refractivity contribution < 1.29 is 0 Å². The van der Waals surface area contributed by atoms with Crippen LogP contribution in [0.2, 0.25) is 0 Å². The van der Waals surface area contributed by atoms with Crippen LogP contribution in [-0.4, -0.2) is 19.9 Å². The molecule has 64 heavy (non-hydrogen) atoms. The summed E-state index contributed by atoms with van der Waals surface area (Å²) in [6.07, 6.45) is 0. The highest BCUT2D eigenvalue weighted by Gasteiger charge is 2.26. The molecule has 0 N–H and O–H groups in total. The molecule has 0 atom stereocenters. The smallest absolute Gasteiger partial charge is 0.201 e. The predicted octanol–water partition coefficient (Wildman–Crippen LogP) is 14.8. The van der Waals surface area contributed by atoms with Crippen LogP contribution in [0.3, 0.4) is 0 Å². The van der Waals surface area contributed by atoms with E-state index in [0.29, 0.717) is 34.9 Å². The van der Waals surface area contributed by atoms with Gasteiger partial charge in [0.1, 0.15) is 23.3 Å². The van der Waals surface area contributed by atoms with Gasteiger partial charge in [-0.15, -0.1) is 0 Å². The fraction of sp³-hybridized carbons (Fsp3) is 0. The number of nitrogens with zero attached hydrogens (tertiary/aromatic N) is 8. The van der Waals surface area contributed by atoms with Gasteiger partial charge >= 0.3 is 0 Å². The van der Waals surface area contributed by atoms with E-state index < -0.39 is 0 Å². The number of rotatable bonds is 13. The Labute approximate surface area is 373 Å². The number of hydrogen-bond acceptors (Lipinski definition) is 8. The summed E-state index contributed by atoms with van der Waals surface area (Å²) in [6, 6.07) is 86.3. The van der Waals surface area contributed by atoms with Gasteiger partial charge in [-0.25, -0.2) is 19.9 Å². The summed E-state index contributed by atoms with van der Waals surface area (Å²) in [5.74, 6) is 3.22. The Morgan fingerprint density at radius 2 is 0.328 bits per heavy atom.